The molecule has 0 saturated carbocycles. The minimum atomic E-state index is -2.23. The molecule has 12 heteroatoms. The van der Waals surface area contributed by atoms with E-state index in [1.165, 1.54) is 17.8 Å². The Bertz CT molecular complexity index is 968. The van der Waals surface area contributed by atoms with Gasteiger partial charge in [-0.3, -0.25) is 4.57 Å². The van der Waals surface area contributed by atoms with Crippen LogP contribution in [-0.4, -0.2) is 60.3 Å². The first-order valence-corrected chi connectivity index (χ1v) is 7.91. The molecule has 2 aromatic heterocycles. The summed E-state index contributed by atoms with van der Waals surface area (Å²) < 4.78 is 19.6. The molecule has 1 aliphatic rings. The summed E-state index contributed by atoms with van der Waals surface area (Å²) in [5.74, 6) is 4.36. The molecular formula is C14H15FN6O4S. The molecular weight excluding hydrogens is 367 g/mol. The maximum Gasteiger partial charge on any atom is 0.200 e. The number of hydrogen-bond donors (Lipinski definition) is 4. The van der Waals surface area contributed by atoms with E-state index in [1.807, 2.05) is 0 Å². The number of nitrogens with two attached hydrogens (primary N) is 1. The van der Waals surface area contributed by atoms with Gasteiger partial charge in [-0.25, -0.2) is 14.4 Å². The van der Waals surface area contributed by atoms with Gasteiger partial charge in [0.1, 0.15) is 36.1 Å². The first-order chi connectivity index (χ1) is 12.3. The maximum absolute atomic E-state index is 12.6. The van der Waals surface area contributed by atoms with Crippen LogP contribution in [0.15, 0.2) is 11.5 Å². The lowest BCUT2D eigenvalue weighted by atomic mass is 9.92. The molecule has 0 amide bonds. The molecule has 2 aromatic rings. The number of anilines is 1. The van der Waals surface area contributed by atoms with Crippen molar-refractivity contribution in [3.05, 3.63) is 15.9 Å². The van der Waals surface area contributed by atoms with E-state index in [4.69, 9.17) is 22.7 Å². The molecule has 0 spiro atoms. The Morgan fingerprint density at radius 3 is 3.08 bits per heavy atom. The summed E-state index contributed by atoms with van der Waals surface area (Å²) in [6.45, 7) is 0.367. The van der Waals surface area contributed by atoms with Gasteiger partial charge in [0.05, 0.1) is 6.33 Å². The molecule has 0 radical (unpaired) electrons. The van der Waals surface area contributed by atoms with E-state index in [-0.39, 0.29) is 21.8 Å². The molecule has 0 aromatic carbocycles. The predicted octanol–water partition coefficient (Wildman–Crippen LogP) is 0.188. The number of imidazole rings is 1. The first kappa shape index (κ1) is 18.3. The zero-order chi connectivity index (χ0) is 19.1. The average Bonchev–Trinajstić information content (AvgIpc) is 3.13. The second-order valence-corrected chi connectivity index (χ2v) is 6.17. The van der Waals surface area contributed by atoms with Gasteiger partial charge in [0.2, 0.25) is 0 Å². The fourth-order valence-electron chi connectivity index (χ4n) is 2.88. The molecule has 5 N–H and O–H groups in total. The van der Waals surface area contributed by atoms with Crippen molar-refractivity contribution in [1.29, 1.82) is 0 Å². The maximum atomic E-state index is 12.6. The number of halogens is 1. The first-order valence-electron chi connectivity index (χ1n) is 7.50. The summed E-state index contributed by atoms with van der Waals surface area (Å²) in [6, 6.07) is -0.992. The summed E-state index contributed by atoms with van der Waals surface area (Å²) in [6.07, 6.45) is -2.85. The highest BCUT2D eigenvalue weighted by Crippen LogP contribution is 2.41. The standard InChI is InChI=1S/C14H15FN6O4S/c1-6(20-24)8-9(22)14(23,3-2-4-15)12(25-8)21-5-17-7-10(21)18-13(16)19-11(7)26/h5-6,8-9,12,22-23H,4H2,1H3,(H3,16,18,19,26)/t6-,8+,9?,12+,14+/m0/s1. The normalized spacial score (nSPS) is 29.3. The summed E-state index contributed by atoms with van der Waals surface area (Å²) in [5, 5.41) is 24.3. The van der Waals surface area contributed by atoms with E-state index in [1.54, 1.807) is 0 Å². The minimum absolute atomic E-state index is 0.000605. The summed E-state index contributed by atoms with van der Waals surface area (Å²) >= 11 is 5.09. The van der Waals surface area contributed by atoms with Crippen LogP contribution < -0.4 is 5.73 Å². The number of aromatic nitrogens is 4. The summed E-state index contributed by atoms with van der Waals surface area (Å²) in [4.78, 5) is 21.6. The summed E-state index contributed by atoms with van der Waals surface area (Å²) in [7, 11) is 0. The highest BCUT2D eigenvalue weighted by atomic mass is 32.1. The number of rotatable bonds is 3. The van der Waals surface area contributed by atoms with Gasteiger partial charge < -0.3 is 25.7 Å². The van der Waals surface area contributed by atoms with E-state index in [9.17, 15) is 19.5 Å². The monoisotopic (exact) mass is 382 g/mol. The number of nitrogens with zero attached hydrogens (tertiary/aromatic N) is 4. The predicted molar refractivity (Wildman–Crippen MR) is 91.0 cm³/mol. The van der Waals surface area contributed by atoms with Crippen LogP contribution in [0, 0.1) is 21.4 Å². The van der Waals surface area contributed by atoms with E-state index >= 15 is 0 Å². The van der Waals surface area contributed by atoms with Gasteiger partial charge in [-0.1, -0.05) is 29.2 Å². The molecule has 5 atom stereocenters. The van der Waals surface area contributed by atoms with Crippen molar-refractivity contribution in [2.75, 3.05) is 12.4 Å². The number of aliphatic hydroxyl groups excluding tert-OH is 1. The molecule has 10 nitrogen and oxygen atoms in total. The highest BCUT2D eigenvalue weighted by molar-refractivity contribution is 7.71. The Morgan fingerprint density at radius 1 is 1.69 bits per heavy atom. The number of aromatic amines is 1. The highest BCUT2D eigenvalue weighted by Gasteiger charge is 2.57. The van der Waals surface area contributed by atoms with Crippen LogP contribution in [-0.2, 0) is 4.74 Å². The van der Waals surface area contributed by atoms with Crippen LogP contribution in [0.4, 0.5) is 10.3 Å². The van der Waals surface area contributed by atoms with Crippen molar-refractivity contribution >= 4 is 29.3 Å². The van der Waals surface area contributed by atoms with E-state index in [0.29, 0.717) is 0 Å². The second-order valence-electron chi connectivity index (χ2n) is 5.78. The zero-order valence-electron chi connectivity index (χ0n) is 13.5. The number of ether oxygens (including phenoxy) is 1. The van der Waals surface area contributed by atoms with Crippen molar-refractivity contribution < 1.29 is 19.3 Å². The van der Waals surface area contributed by atoms with Crippen LogP contribution in [0.1, 0.15) is 13.2 Å². The van der Waals surface area contributed by atoms with E-state index < -0.39 is 36.8 Å². The zero-order valence-corrected chi connectivity index (χ0v) is 14.3. The molecule has 138 valence electrons. The quantitative estimate of drug-likeness (QED) is 0.333. The number of nitrogen functional groups attached to an aromatic ring is 1. The van der Waals surface area contributed by atoms with Crippen molar-refractivity contribution in [2.24, 2.45) is 5.18 Å². The van der Waals surface area contributed by atoms with Crippen LogP contribution in [0.3, 0.4) is 0 Å². The Balaban J connectivity index is 2.18. The van der Waals surface area contributed by atoms with Gasteiger partial charge in [0.25, 0.3) is 0 Å². The molecule has 0 aliphatic carbocycles. The average molecular weight is 382 g/mol. The Labute approximate surface area is 151 Å². The van der Waals surface area contributed by atoms with Crippen LogP contribution >= 0.6 is 12.2 Å². The van der Waals surface area contributed by atoms with Gasteiger partial charge >= 0.3 is 0 Å². The lowest BCUT2D eigenvalue weighted by Crippen LogP contribution is -2.47. The van der Waals surface area contributed by atoms with Gasteiger partial charge in [-0.05, 0) is 6.92 Å². The Morgan fingerprint density at radius 2 is 2.42 bits per heavy atom. The van der Waals surface area contributed by atoms with Gasteiger partial charge in [-0.2, -0.15) is 4.91 Å². The SMILES string of the molecule is C[C@H](N=O)[C@H]1O[C@@H](n2cnc3c(=S)nc(N)[nH]c32)[C@@](O)(C#CCF)C1O. The van der Waals surface area contributed by atoms with Crippen LogP contribution in [0.5, 0.6) is 0 Å². The van der Waals surface area contributed by atoms with Gasteiger partial charge in [-0.15, -0.1) is 0 Å². The summed E-state index contributed by atoms with van der Waals surface area (Å²) in [5.41, 5.74) is 3.97. The van der Waals surface area contributed by atoms with Crippen molar-refractivity contribution in [2.45, 2.75) is 37.0 Å². The Hall–Kier alpha value is -2.46. The van der Waals surface area contributed by atoms with Crippen LogP contribution in [0.25, 0.3) is 11.2 Å². The third-order valence-electron chi connectivity index (χ3n) is 4.14. The van der Waals surface area contributed by atoms with E-state index in [0.717, 1.165) is 0 Å². The molecule has 26 heavy (non-hydrogen) atoms. The van der Waals surface area contributed by atoms with Crippen molar-refractivity contribution in [3.63, 3.8) is 0 Å². The molecule has 1 unspecified atom stereocenters. The number of aliphatic hydroxyl groups is 2. The molecule has 0 bridgehead atoms. The number of nitrogens with one attached hydrogen (secondary N) is 1. The molecule has 3 heterocycles. The second kappa shape index (κ2) is 6.69. The largest absolute Gasteiger partial charge is 0.386 e. The number of H-pyrrole nitrogens is 1. The number of fused-ring (bicyclic) bond motifs is 1. The third kappa shape index (κ3) is 2.74. The molecule has 1 fully saturated rings. The molecule has 1 saturated heterocycles. The third-order valence-corrected chi connectivity index (χ3v) is 4.42. The lowest BCUT2D eigenvalue weighted by molar-refractivity contribution is -0.0695. The van der Waals surface area contributed by atoms with Crippen LogP contribution in [0.2, 0.25) is 0 Å². The fourth-order valence-corrected chi connectivity index (χ4v) is 3.13. The van der Waals surface area contributed by atoms with Gasteiger partial charge in [0, 0.05) is 0 Å². The minimum Gasteiger partial charge on any atom is -0.386 e. The Kier molecular flexibility index (Phi) is 4.72. The van der Waals surface area contributed by atoms with Crippen molar-refractivity contribution in [1.82, 2.24) is 19.5 Å². The number of nitroso groups, excluding NO2 is 1. The topological polar surface area (TPSA) is 152 Å². The lowest BCUT2D eigenvalue weighted by Gasteiger charge is -2.26. The van der Waals surface area contributed by atoms with Crippen molar-refractivity contribution in [3.8, 4) is 11.8 Å². The smallest absolute Gasteiger partial charge is 0.200 e. The number of hydrogen-bond acceptors (Lipinski definition) is 9. The number of alkyl halides is 1. The fraction of sp³-hybridized carbons (Fsp3) is 0.500. The molecule has 3 rings (SSSR count). The van der Waals surface area contributed by atoms with E-state index in [2.05, 4.69) is 32.0 Å². The molecule has 1 aliphatic heterocycles. The van der Waals surface area contributed by atoms with Gasteiger partial charge in [0.15, 0.2) is 22.4 Å².